The van der Waals surface area contributed by atoms with Crippen LogP contribution < -0.4 is 10.9 Å². The Bertz CT molecular complexity index is 1030. The molecule has 2 aromatic heterocycles. The summed E-state index contributed by atoms with van der Waals surface area (Å²) in [7, 11) is 0. The van der Waals surface area contributed by atoms with E-state index in [1.54, 1.807) is 11.3 Å². The van der Waals surface area contributed by atoms with Crippen LogP contribution in [-0.4, -0.2) is 45.6 Å². The highest BCUT2D eigenvalue weighted by atomic mass is 35.5. The molecule has 1 atom stereocenters. The fraction of sp³-hybridized carbons (Fsp3) is 0.318. The minimum atomic E-state index is -0.332. The van der Waals surface area contributed by atoms with E-state index >= 15 is 0 Å². The lowest BCUT2D eigenvalue weighted by molar-refractivity contribution is 0.0620. The van der Waals surface area contributed by atoms with Gasteiger partial charge in [-0.15, -0.1) is 11.3 Å². The van der Waals surface area contributed by atoms with Crippen molar-refractivity contribution in [2.75, 3.05) is 19.6 Å². The SMILES string of the molecule is O=C(NC1CN2CCC1CC2)c1ccc(=O)n(Cl)c1.c1ccc(-c2nccs2)cc1. The molecule has 1 N–H and O–H groups in total. The standard InChI is InChI=1S/C13H16ClN3O2.C9H7NS/c14-17-7-10(1-2-12(17)18)13(19)15-11-8-16-5-3-9(11)4-6-16;1-2-4-8(5-3-1)9-10-6-7-11-9/h1-2,7,9,11H,3-6,8H2,(H,15,19);1-7H. The summed E-state index contributed by atoms with van der Waals surface area (Å²) in [5, 5.41) is 6.14. The molecule has 3 saturated heterocycles. The molecule has 3 fully saturated rings. The van der Waals surface area contributed by atoms with Crippen molar-refractivity contribution in [3.05, 3.63) is 76.2 Å². The number of nitrogens with one attached hydrogen (secondary N) is 1. The van der Waals surface area contributed by atoms with E-state index in [-0.39, 0.29) is 17.5 Å². The van der Waals surface area contributed by atoms with Crippen molar-refractivity contribution in [1.82, 2.24) is 19.3 Å². The molecule has 0 saturated carbocycles. The molecule has 0 aliphatic carbocycles. The smallest absolute Gasteiger partial charge is 0.265 e. The Morgan fingerprint density at radius 2 is 1.90 bits per heavy atom. The topological polar surface area (TPSA) is 67.2 Å². The first kappa shape index (κ1) is 20.8. The van der Waals surface area contributed by atoms with E-state index < -0.39 is 0 Å². The van der Waals surface area contributed by atoms with Gasteiger partial charge in [0, 0.05) is 53.8 Å². The van der Waals surface area contributed by atoms with Crippen LogP contribution in [0.5, 0.6) is 0 Å². The predicted molar refractivity (Wildman–Crippen MR) is 120 cm³/mol. The quantitative estimate of drug-likeness (QED) is 0.674. The molecule has 3 aliphatic rings. The first-order valence-corrected chi connectivity index (χ1v) is 11.2. The zero-order chi connectivity index (χ0) is 20.9. The van der Waals surface area contributed by atoms with Crippen molar-refractivity contribution in [1.29, 1.82) is 0 Å². The molecule has 8 heteroatoms. The summed E-state index contributed by atoms with van der Waals surface area (Å²) < 4.78 is 0.908. The Morgan fingerprint density at radius 3 is 2.50 bits per heavy atom. The van der Waals surface area contributed by atoms with Crippen LogP contribution in [0.1, 0.15) is 23.2 Å². The van der Waals surface area contributed by atoms with Gasteiger partial charge < -0.3 is 10.2 Å². The number of nitrogens with zero attached hydrogens (tertiary/aromatic N) is 3. The van der Waals surface area contributed by atoms with Crippen LogP contribution in [0.25, 0.3) is 10.6 Å². The van der Waals surface area contributed by atoms with E-state index in [1.807, 2.05) is 29.8 Å². The third-order valence-electron chi connectivity index (χ3n) is 5.56. The molecule has 5 heterocycles. The van der Waals surface area contributed by atoms with Crippen molar-refractivity contribution >= 4 is 29.0 Å². The van der Waals surface area contributed by atoms with E-state index in [9.17, 15) is 9.59 Å². The van der Waals surface area contributed by atoms with Crippen LogP contribution in [0.4, 0.5) is 0 Å². The van der Waals surface area contributed by atoms with E-state index in [0.29, 0.717) is 11.5 Å². The summed E-state index contributed by atoms with van der Waals surface area (Å²) in [5.41, 5.74) is 1.29. The number of rotatable bonds is 3. The Hall–Kier alpha value is -2.48. The minimum Gasteiger partial charge on any atom is -0.348 e. The first-order valence-electron chi connectivity index (χ1n) is 9.97. The fourth-order valence-corrected chi connectivity index (χ4v) is 4.73. The molecule has 30 heavy (non-hydrogen) atoms. The van der Waals surface area contributed by atoms with Gasteiger partial charge in [0.1, 0.15) is 5.01 Å². The van der Waals surface area contributed by atoms with E-state index in [0.717, 1.165) is 41.6 Å². The minimum absolute atomic E-state index is 0.159. The Kier molecular flexibility index (Phi) is 6.62. The molecule has 3 aliphatic heterocycles. The van der Waals surface area contributed by atoms with Gasteiger partial charge in [-0.25, -0.2) is 9.07 Å². The van der Waals surface area contributed by atoms with Gasteiger partial charge in [-0.3, -0.25) is 9.59 Å². The normalized spacial score (nSPS) is 22.1. The molecule has 2 bridgehead atoms. The lowest BCUT2D eigenvalue weighted by Crippen LogP contribution is -2.57. The zero-order valence-corrected chi connectivity index (χ0v) is 18.0. The molecule has 6 nitrogen and oxygen atoms in total. The monoisotopic (exact) mass is 442 g/mol. The molecule has 1 unspecified atom stereocenters. The molecular weight excluding hydrogens is 420 g/mol. The van der Waals surface area contributed by atoms with Gasteiger partial charge in [0.15, 0.2) is 0 Å². The van der Waals surface area contributed by atoms with Gasteiger partial charge in [-0.1, -0.05) is 30.3 Å². The van der Waals surface area contributed by atoms with Crippen molar-refractivity contribution in [3.8, 4) is 10.6 Å². The lowest BCUT2D eigenvalue weighted by atomic mass is 9.84. The van der Waals surface area contributed by atoms with Crippen LogP contribution in [0.2, 0.25) is 0 Å². The van der Waals surface area contributed by atoms with Crippen LogP contribution >= 0.6 is 23.1 Å². The summed E-state index contributed by atoms with van der Waals surface area (Å²) in [4.78, 5) is 29.9. The number of pyridine rings is 1. The van der Waals surface area contributed by atoms with E-state index in [1.165, 1.54) is 23.9 Å². The maximum absolute atomic E-state index is 12.1. The summed E-state index contributed by atoms with van der Waals surface area (Å²) in [5.74, 6) is 0.420. The lowest BCUT2D eigenvalue weighted by Gasteiger charge is -2.44. The van der Waals surface area contributed by atoms with Crippen LogP contribution in [0, 0.1) is 5.92 Å². The van der Waals surface area contributed by atoms with Gasteiger partial charge in [-0.05, 0) is 37.9 Å². The fourth-order valence-electron chi connectivity index (χ4n) is 3.92. The van der Waals surface area contributed by atoms with Crippen molar-refractivity contribution < 1.29 is 4.79 Å². The molecule has 6 rings (SSSR count). The highest BCUT2D eigenvalue weighted by Crippen LogP contribution is 2.27. The number of halogens is 1. The third kappa shape index (κ3) is 4.98. The molecule has 0 spiro atoms. The third-order valence-corrected chi connectivity index (χ3v) is 6.64. The molecule has 1 aromatic carbocycles. The number of piperidine rings is 3. The number of benzene rings is 1. The average Bonchev–Trinajstić information content (AvgIpc) is 3.33. The van der Waals surface area contributed by atoms with Crippen molar-refractivity contribution in [3.63, 3.8) is 0 Å². The summed E-state index contributed by atoms with van der Waals surface area (Å²) in [6.07, 6.45) is 5.49. The number of carbonyl (C=O) groups excluding carboxylic acids is 1. The van der Waals surface area contributed by atoms with Gasteiger partial charge in [-0.2, -0.15) is 0 Å². The number of hydrogen-bond donors (Lipinski definition) is 1. The van der Waals surface area contributed by atoms with E-state index in [4.69, 9.17) is 11.8 Å². The number of aromatic nitrogens is 2. The van der Waals surface area contributed by atoms with Gasteiger partial charge in [0.2, 0.25) is 0 Å². The van der Waals surface area contributed by atoms with Crippen molar-refractivity contribution in [2.45, 2.75) is 18.9 Å². The predicted octanol–water partition coefficient (Wildman–Crippen LogP) is 3.48. The highest BCUT2D eigenvalue weighted by molar-refractivity contribution is 7.13. The Balaban J connectivity index is 0.000000168. The van der Waals surface area contributed by atoms with Gasteiger partial charge >= 0.3 is 0 Å². The summed E-state index contributed by atoms with van der Waals surface area (Å²) >= 11 is 7.34. The first-order chi connectivity index (χ1) is 14.6. The number of thiazole rings is 1. The second kappa shape index (κ2) is 9.55. The maximum Gasteiger partial charge on any atom is 0.265 e. The van der Waals surface area contributed by atoms with Gasteiger partial charge in [0.25, 0.3) is 11.5 Å². The summed E-state index contributed by atoms with van der Waals surface area (Å²) in [6.45, 7) is 3.21. The molecule has 0 radical (unpaired) electrons. The number of carbonyl (C=O) groups is 1. The maximum atomic E-state index is 12.1. The van der Waals surface area contributed by atoms with E-state index in [2.05, 4.69) is 27.3 Å². The number of amides is 1. The molecular formula is C22H23ClN4O2S. The van der Waals surface area contributed by atoms with Crippen molar-refractivity contribution in [2.24, 2.45) is 5.92 Å². The molecule has 3 aromatic rings. The Labute approximate surface area is 184 Å². The molecule has 156 valence electrons. The zero-order valence-electron chi connectivity index (χ0n) is 16.4. The second-order valence-electron chi connectivity index (χ2n) is 7.49. The second-order valence-corrected chi connectivity index (χ2v) is 8.75. The number of fused-ring (bicyclic) bond motifs is 3. The van der Waals surface area contributed by atoms with Crippen LogP contribution in [-0.2, 0) is 0 Å². The highest BCUT2D eigenvalue weighted by Gasteiger charge is 2.34. The summed E-state index contributed by atoms with van der Waals surface area (Å²) in [6, 6.07) is 13.2. The van der Waals surface area contributed by atoms with Crippen LogP contribution in [0.3, 0.4) is 0 Å². The average molecular weight is 443 g/mol. The Morgan fingerprint density at radius 1 is 1.13 bits per heavy atom. The van der Waals surface area contributed by atoms with Crippen LogP contribution in [0.15, 0.2) is 65.0 Å². The largest absolute Gasteiger partial charge is 0.348 e. The van der Waals surface area contributed by atoms with Gasteiger partial charge in [0.05, 0.1) is 5.56 Å². The number of hydrogen-bond acceptors (Lipinski definition) is 5. The molecule has 1 amide bonds.